The van der Waals surface area contributed by atoms with Crippen molar-refractivity contribution in [1.29, 1.82) is 0 Å². The van der Waals surface area contributed by atoms with Crippen LogP contribution in [0.3, 0.4) is 0 Å². The Hall–Kier alpha value is -0.570. The largest absolute Gasteiger partial charge is 0.342 e. The molecule has 0 saturated carbocycles. The van der Waals surface area contributed by atoms with Gasteiger partial charge in [0.25, 0.3) is 0 Å². The standard InChI is InChI=1S/C15H30O3/c1-8-10-15(13(2,3)4,14(5,6)7)11-9-12(16)18-17/h17H,8-11H2,1-7H3. The fourth-order valence-corrected chi connectivity index (χ4v) is 3.54. The molecule has 0 spiro atoms. The summed E-state index contributed by atoms with van der Waals surface area (Å²) in [4.78, 5) is 15.1. The summed E-state index contributed by atoms with van der Waals surface area (Å²) in [6.45, 7) is 15.6. The molecule has 0 aliphatic carbocycles. The normalized spacial score (nSPS) is 13.6. The van der Waals surface area contributed by atoms with E-state index in [9.17, 15) is 4.79 Å². The molecule has 1 N–H and O–H groups in total. The van der Waals surface area contributed by atoms with Crippen molar-refractivity contribution in [3.05, 3.63) is 0 Å². The minimum absolute atomic E-state index is 0.0446. The van der Waals surface area contributed by atoms with Crippen LogP contribution in [0.5, 0.6) is 0 Å². The molecule has 0 rings (SSSR count). The first-order chi connectivity index (χ1) is 8.02. The molecule has 0 aromatic rings. The molecule has 0 aliphatic heterocycles. The predicted molar refractivity (Wildman–Crippen MR) is 74.2 cm³/mol. The summed E-state index contributed by atoms with van der Waals surface area (Å²) in [7, 11) is 0. The molecule has 0 bridgehead atoms. The topological polar surface area (TPSA) is 46.5 Å². The Balaban J connectivity index is 5.29. The highest BCUT2D eigenvalue weighted by molar-refractivity contribution is 5.68. The average molecular weight is 258 g/mol. The number of hydrogen-bond donors (Lipinski definition) is 1. The van der Waals surface area contributed by atoms with Crippen LogP contribution in [0, 0.1) is 16.2 Å². The molecule has 18 heavy (non-hydrogen) atoms. The fourth-order valence-electron chi connectivity index (χ4n) is 3.54. The first kappa shape index (κ1) is 17.4. The summed E-state index contributed by atoms with van der Waals surface area (Å²) >= 11 is 0. The Morgan fingerprint density at radius 1 is 1.00 bits per heavy atom. The lowest BCUT2D eigenvalue weighted by atomic mass is 9.50. The van der Waals surface area contributed by atoms with E-state index < -0.39 is 5.97 Å². The molecule has 0 aromatic carbocycles. The molecular weight excluding hydrogens is 228 g/mol. The molecule has 0 heterocycles. The van der Waals surface area contributed by atoms with Crippen LogP contribution >= 0.6 is 0 Å². The predicted octanol–water partition coefficient (Wildman–Crippen LogP) is 4.66. The molecule has 0 amide bonds. The van der Waals surface area contributed by atoms with Gasteiger partial charge < -0.3 is 4.89 Å². The van der Waals surface area contributed by atoms with E-state index in [0.29, 0.717) is 0 Å². The third-order valence-electron chi connectivity index (χ3n) is 4.41. The van der Waals surface area contributed by atoms with Crippen LogP contribution in [0.4, 0.5) is 0 Å². The molecule has 108 valence electrons. The van der Waals surface area contributed by atoms with Gasteiger partial charge in [0.15, 0.2) is 0 Å². The molecule has 0 radical (unpaired) electrons. The summed E-state index contributed by atoms with van der Waals surface area (Å²) < 4.78 is 0. The molecule has 3 nitrogen and oxygen atoms in total. The van der Waals surface area contributed by atoms with Crippen molar-refractivity contribution in [1.82, 2.24) is 0 Å². The van der Waals surface area contributed by atoms with Crippen LogP contribution in [0.2, 0.25) is 0 Å². The monoisotopic (exact) mass is 258 g/mol. The van der Waals surface area contributed by atoms with Crippen LogP contribution in [0.1, 0.15) is 74.1 Å². The van der Waals surface area contributed by atoms with Crippen molar-refractivity contribution in [3.8, 4) is 0 Å². The van der Waals surface area contributed by atoms with Gasteiger partial charge in [0, 0.05) is 6.42 Å². The molecule has 0 aromatic heterocycles. The Morgan fingerprint density at radius 3 is 1.72 bits per heavy atom. The van der Waals surface area contributed by atoms with Gasteiger partial charge >= 0.3 is 5.97 Å². The molecule has 3 heteroatoms. The highest BCUT2D eigenvalue weighted by Gasteiger charge is 2.49. The van der Waals surface area contributed by atoms with E-state index in [1.807, 2.05) is 0 Å². The number of hydrogen-bond acceptors (Lipinski definition) is 3. The third-order valence-corrected chi connectivity index (χ3v) is 4.41. The zero-order valence-corrected chi connectivity index (χ0v) is 13.1. The van der Waals surface area contributed by atoms with Gasteiger partial charge in [0.05, 0.1) is 0 Å². The summed E-state index contributed by atoms with van der Waals surface area (Å²) in [5.41, 5.74) is 0.233. The Labute approximate surface area is 112 Å². The first-order valence-corrected chi connectivity index (χ1v) is 6.86. The molecular formula is C15H30O3. The lowest BCUT2D eigenvalue weighted by Gasteiger charge is -2.54. The lowest BCUT2D eigenvalue weighted by Crippen LogP contribution is -2.46. The van der Waals surface area contributed by atoms with E-state index in [4.69, 9.17) is 5.26 Å². The van der Waals surface area contributed by atoms with Crippen LogP contribution in [-0.4, -0.2) is 11.2 Å². The second kappa shape index (κ2) is 6.05. The van der Waals surface area contributed by atoms with Crippen molar-refractivity contribution in [2.75, 3.05) is 0 Å². The van der Waals surface area contributed by atoms with Crippen molar-refractivity contribution in [2.24, 2.45) is 16.2 Å². The zero-order valence-electron chi connectivity index (χ0n) is 13.1. The lowest BCUT2D eigenvalue weighted by molar-refractivity contribution is -0.235. The third kappa shape index (κ3) is 3.71. The maximum atomic E-state index is 11.2. The molecule has 0 saturated heterocycles. The van der Waals surface area contributed by atoms with E-state index in [2.05, 4.69) is 53.4 Å². The van der Waals surface area contributed by atoms with Gasteiger partial charge in [-0.05, 0) is 29.1 Å². The molecule has 0 aliphatic rings. The van der Waals surface area contributed by atoms with Gasteiger partial charge in [0.2, 0.25) is 0 Å². The highest BCUT2D eigenvalue weighted by atomic mass is 17.1. The summed E-state index contributed by atoms with van der Waals surface area (Å²) in [5.74, 6) is -0.538. The van der Waals surface area contributed by atoms with Crippen molar-refractivity contribution in [3.63, 3.8) is 0 Å². The maximum absolute atomic E-state index is 11.2. The molecule has 0 unspecified atom stereocenters. The summed E-state index contributed by atoms with van der Waals surface area (Å²) in [6.07, 6.45) is 3.17. The van der Waals surface area contributed by atoms with Crippen molar-refractivity contribution >= 4 is 5.97 Å². The quantitative estimate of drug-likeness (QED) is 0.576. The summed E-state index contributed by atoms with van der Waals surface area (Å²) in [6, 6.07) is 0. The second-order valence-electron chi connectivity index (χ2n) is 7.30. The van der Waals surface area contributed by atoms with Gasteiger partial charge in [-0.3, -0.25) is 0 Å². The minimum Gasteiger partial charge on any atom is -0.301 e. The van der Waals surface area contributed by atoms with Gasteiger partial charge in [-0.1, -0.05) is 54.9 Å². The SMILES string of the molecule is CCCC(CCC(=O)OO)(C(C)(C)C)C(C)(C)C. The summed E-state index contributed by atoms with van der Waals surface area (Å²) in [5, 5.41) is 8.42. The number of rotatable bonds is 5. The first-order valence-electron chi connectivity index (χ1n) is 6.86. The molecule has 0 fully saturated rings. The fraction of sp³-hybridized carbons (Fsp3) is 0.933. The van der Waals surface area contributed by atoms with E-state index in [1.165, 1.54) is 0 Å². The van der Waals surface area contributed by atoms with E-state index >= 15 is 0 Å². The van der Waals surface area contributed by atoms with Crippen LogP contribution in [0.15, 0.2) is 0 Å². The number of carbonyl (C=O) groups is 1. The maximum Gasteiger partial charge on any atom is 0.342 e. The zero-order chi connectivity index (χ0) is 14.6. The van der Waals surface area contributed by atoms with Gasteiger partial charge in [-0.2, -0.15) is 5.26 Å². The van der Waals surface area contributed by atoms with E-state index in [1.54, 1.807) is 0 Å². The van der Waals surface area contributed by atoms with Gasteiger partial charge in [-0.25, -0.2) is 4.79 Å². The Kier molecular flexibility index (Phi) is 5.86. The average Bonchev–Trinajstić information content (AvgIpc) is 2.19. The molecule has 0 atom stereocenters. The highest BCUT2D eigenvalue weighted by Crippen LogP contribution is 2.57. The van der Waals surface area contributed by atoms with Gasteiger partial charge in [-0.15, -0.1) is 0 Å². The Bertz CT molecular complexity index is 254. The number of carbonyl (C=O) groups excluding carboxylic acids is 1. The van der Waals surface area contributed by atoms with Crippen LogP contribution < -0.4 is 0 Å². The van der Waals surface area contributed by atoms with E-state index in [0.717, 1.165) is 19.3 Å². The van der Waals surface area contributed by atoms with Crippen molar-refractivity contribution in [2.45, 2.75) is 74.1 Å². The smallest absolute Gasteiger partial charge is 0.301 e. The van der Waals surface area contributed by atoms with Gasteiger partial charge in [0.1, 0.15) is 0 Å². The minimum atomic E-state index is -0.538. The Morgan fingerprint density at radius 2 is 1.44 bits per heavy atom. The van der Waals surface area contributed by atoms with E-state index in [-0.39, 0.29) is 22.7 Å². The second-order valence-corrected chi connectivity index (χ2v) is 7.30. The van der Waals surface area contributed by atoms with Crippen LogP contribution in [-0.2, 0) is 9.68 Å². The van der Waals surface area contributed by atoms with Crippen LogP contribution in [0.25, 0.3) is 0 Å². The van der Waals surface area contributed by atoms with Crippen molar-refractivity contribution < 1.29 is 14.9 Å².